The fourth-order valence-corrected chi connectivity index (χ4v) is 2.30. The molecule has 2 aromatic carbocycles. The molecule has 3 rings (SSSR count). The fourth-order valence-electron chi connectivity index (χ4n) is 2.30. The topological polar surface area (TPSA) is 29.3 Å². The maximum Gasteiger partial charge on any atom is 0.0444 e. The van der Waals surface area contributed by atoms with Crippen molar-refractivity contribution in [1.29, 1.82) is 0 Å². The highest BCUT2D eigenvalue weighted by Gasteiger charge is 2.19. The third-order valence-electron chi connectivity index (χ3n) is 3.07. The van der Waals surface area contributed by atoms with Crippen LogP contribution in [-0.2, 0) is 6.42 Å². The zero-order chi connectivity index (χ0) is 11.0. The van der Waals surface area contributed by atoms with Gasteiger partial charge in [-0.1, -0.05) is 24.3 Å². The molecule has 16 heavy (non-hydrogen) atoms. The van der Waals surface area contributed by atoms with Gasteiger partial charge >= 0.3 is 0 Å². The lowest BCUT2D eigenvalue weighted by Crippen LogP contribution is -2.13. The molecular formula is C14H14N2. The Bertz CT molecular complexity index is 520. The molecule has 0 bridgehead atoms. The SMILES string of the molecule is Nc1cccc(N2CCc3ccccc32)c1. The summed E-state index contributed by atoms with van der Waals surface area (Å²) in [5.74, 6) is 0. The van der Waals surface area contributed by atoms with Crippen LogP contribution in [0.2, 0.25) is 0 Å². The Morgan fingerprint density at radius 2 is 1.88 bits per heavy atom. The van der Waals surface area contributed by atoms with Crippen molar-refractivity contribution in [3.05, 3.63) is 54.1 Å². The monoisotopic (exact) mass is 210 g/mol. The first-order valence-electron chi connectivity index (χ1n) is 5.55. The standard InChI is InChI=1S/C14H14N2/c15-12-5-3-6-13(10-12)16-9-8-11-4-1-2-7-14(11)16/h1-7,10H,8-9,15H2. The minimum atomic E-state index is 0.821. The average molecular weight is 210 g/mol. The van der Waals surface area contributed by atoms with E-state index in [1.54, 1.807) is 0 Å². The molecule has 1 aliphatic rings. The van der Waals surface area contributed by atoms with Gasteiger partial charge in [0.25, 0.3) is 0 Å². The average Bonchev–Trinajstić information content (AvgIpc) is 2.72. The summed E-state index contributed by atoms with van der Waals surface area (Å²) in [7, 11) is 0. The molecule has 0 fully saturated rings. The van der Waals surface area contributed by atoms with Crippen LogP contribution in [0.15, 0.2) is 48.5 Å². The maximum atomic E-state index is 5.82. The Hall–Kier alpha value is -1.96. The molecule has 0 aliphatic carbocycles. The summed E-state index contributed by atoms with van der Waals surface area (Å²) in [6.45, 7) is 1.04. The van der Waals surface area contributed by atoms with Crippen LogP contribution < -0.4 is 10.6 Å². The summed E-state index contributed by atoms with van der Waals surface area (Å²) < 4.78 is 0. The summed E-state index contributed by atoms with van der Waals surface area (Å²) in [6, 6.07) is 16.6. The lowest BCUT2D eigenvalue weighted by atomic mass is 10.2. The molecule has 2 N–H and O–H groups in total. The first kappa shape index (κ1) is 9.28. The van der Waals surface area contributed by atoms with E-state index in [9.17, 15) is 0 Å². The summed E-state index contributed by atoms with van der Waals surface area (Å²) in [5, 5.41) is 0. The molecule has 2 heteroatoms. The number of benzene rings is 2. The van der Waals surface area contributed by atoms with Crippen LogP contribution in [0.3, 0.4) is 0 Å². The molecule has 2 nitrogen and oxygen atoms in total. The molecule has 0 atom stereocenters. The molecule has 1 aliphatic heterocycles. The van der Waals surface area contributed by atoms with Crippen LogP contribution >= 0.6 is 0 Å². The van der Waals surface area contributed by atoms with Gasteiger partial charge in [0, 0.05) is 23.6 Å². The largest absolute Gasteiger partial charge is 0.399 e. The maximum absolute atomic E-state index is 5.82. The zero-order valence-electron chi connectivity index (χ0n) is 9.06. The first-order chi connectivity index (χ1) is 7.84. The molecule has 0 unspecified atom stereocenters. The van der Waals surface area contributed by atoms with E-state index in [-0.39, 0.29) is 0 Å². The van der Waals surface area contributed by atoms with Gasteiger partial charge in [-0.2, -0.15) is 0 Å². The van der Waals surface area contributed by atoms with Gasteiger partial charge in [-0.05, 0) is 36.2 Å². The zero-order valence-corrected chi connectivity index (χ0v) is 9.06. The number of nitrogens with zero attached hydrogens (tertiary/aromatic N) is 1. The number of fused-ring (bicyclic) bond motifs is 1. The van der Waals surface area contributed by atoms with E-state index in [0.717, 1.165) is 18.7 Å². The first-order valence-corrected chi connectivity index (χ1v) is 5.55. The van der Waals surface area contributed by atoms with Gasteiger partial charge in [0.05, 0.1) is 0 Å². The van der Waals surface area contributed by atoms with Crippen molar-refractivity contribution in [2.24, 2.45) is 0 Å². The molecule has 0 amide bonds. The molecule has 0 saturated heterocycles. The van der Waals surface area contributed by atoms with Crippen molar-refractivity contribution in [3.63, 3.8) is 0 Å². The number of hydrogen-bond acceptors (Lipinski definition) is 2. The Morgan fingerprint density at radius 3 is 2.75 bits per heavy atom. The highest BCUT2D eigenvalue weighted by atomic mass is 15.2. The van der Waals surface area contributed by atoms with Crippen LogP contribution in [0.5, 0.6) is 0 Å². The van der Waals surface area contributed by atoms with Gasteiger partial charge in [0.15, 0.2) is 0 Å². The minimum Gasteiger partial charge on any atom is -0.399 e. The van der Waals surface area contributed by atoms with E-state index in [1.165, 1.54) is 16.9 Å². The molecule has 0 spiro atoms. The lowest BCUT2D eigenvalue weighted by molar-refractivity contribution is 0.999. The number of rotatable bonds is 1. The van der Waals surface area contributed by atoms with Crippen LogP contribution in [0.1, 0.15) is 5.56 Å². The molecular weight excluding hydrogens is 196 g/mol. The fraction of sp³-hybridized carbons (Fsp3) is 0.143. The highest BCUT2D eigenvalue weighted by Crippen LogP contribution is 2.34. The van der Waals surface area contributed by atoms with Crippen LogP contribution in [0, 0.1) is 0 Å². The van der Waals surface area contributed by atoms with Crippen LogP contribution in [-0.4, -0.2) is 6.54 Å². The van der Waals surface area contributed by atoms with Crippen LogP contribution in [0.4, 0.5) is 17.1 Å². The van der Waals surface area contributed by atoms with Gasteiger partial charge in [-0.15, -0.1) is 0 Å². The van der Waals surface area contributed by atoms with Gasteiger partial charge in [0.1, 0.15) is 0 Å². The third kappa shape index (κ3) is 1.43. The summed E-state index contributed by atoms with van der Waals surface area (Å²) in [6.07, 6.45) is 1.12. The predicted molar refractivity (Wildman–Crippen MR) is 68.0 cm³/mol. The smallest absolute Gasteiger partial charge is 0.0444 e. The summed E-state index contributed by atoms with van der Waals surface area (Å²) >= 11 is 0. The van der Waals surface area contributed by atoms with Crippen molar-refractivity contribution in [2.75, 3.05) is 17.2 Å². The quantitative estimate of drug-likeness (QED) is 0.733. The lowest BCUT2D eigenvalue weighted by Gasteiger charge is -2.19. The van der Waals surface area contributed by atoms with E-state index in [0.29, 0.717) is 0 Å². The Labute approximate surface area is 95.3 Å². The predicted octanol–water partition coefficient (Wildman–Crippen LogP) is 2.96. The van der Waals surface area contributed by atoms with Gasteiger partial charge in [0.2, 0.25) is 0 Å². The normalized spacial score (nSPS) is 13.9. The van der Waals surface area contributed by atoms with Crippen molar-refractivity contribution in [3.8, 4) is 0 Å². The second-order valence-corrected chi connectivity index (χ2v) is 4.13. The Morgan fingerprint density at radius 1 is 1.00 bits per heavy atom. The Balaban J connectivity index is 2.05. The van der Waals surface area contributed by atoms with Crippen molar-refractivity contribution >= 4 is 17.1 Å². The van der Waals surface area contributed by atoms with Gasteiger partial charge in [-0.25, -0.2) is 0 Å². The van der Waals surface area contributed by atoms with E-state index >= 15 is 0 Å². The second kappa shape index (κ2) is 3.56. The summed E-state index contributed by atoms with van der Waals surface area (Å²) in [5.41, 5.74) is 10.6. The molecule has 2 aromatic rings. The molecule has 0 saturated carbocycles. The molecule has 80 valence electrons. The number of hydrogen-bond donors (Lipinski definition) is 1. The summed E-state index contributed by atoms with van der Waals surface area (Å²) in [4.78, 5) is 2.33. The van der Waals surface area contributed by atoms with Gasteiger partial charge < -0.3 is 10.6 Å². The van der Waals surface area contributed by atoms with Gasteiger partial charge in [-0.3, -0.25) is 0 Å². The number of nitrogens with two attached hydrogens (primary N) is 1. The number of para-hydroxylation sites is 1. The van der Waals surface area contributed by atoms with E-state index in [1.807, 2.05) is 18.2 Å². The molecule has 1 heterocycles. The second-order valence-electron chi connectivity index (χ2n) is 4.13. The number of anilines is 3. The molecule has 0 aromatic heterocycles. The van der Waals surface area contributed by atoms with Crippen molar-refractivity contribution in [2.45, 2.75) is 6.42 Å². The number of nitrogen functional groups attached to an aromatic ring is 1. The van der Waals surface area contributed by atoms with Crippen molar-refractivity contribution < 1.29 is 0 Å². The van der Waals surface area contributed by atoms with E-state index in [4.69, 9.17) is 5.73 Å². The Kier molecular flexibility index (Phi) is 2.07. The third-order valence-corrected chi connectivity index (χ3v) is 3.07. The van der Waals surface area contributed by atoms with E-state index < -0.39 is 0 Å². The van der Waals surface area contributed by atoms with Crippen molar-refractivity contribution in [1.82, 2.24) is 0 Å². The highest BCUT2D eigenvalue weighted by molar-refractivity contribution is 5.71. The van der Waals surface area contributed by atoms with Crippen LogP contribution in [0.25, 0.3) is 0 Å². The van der Waals surface area contributed by atoms with E-state index in [2.05, 4.69) is 35.2 Å². The minimum absolute atomic E-state index is 0.821. The molecule has 0 radical (unpaired) electrons.